The lowest BCUT2D eigenvalue weighted by Crippen LogP contribution is -2.13. The Hall–Kier alpha value is -1.78. The van der Waals surface area contributed by atoms with Gasteiger partial charge < -0.3 is 10.2 Å². The zero-order chi connectivity index (χ0) is 13.9. The van der Waals surface area contributed by atoms with Crippen LogP contribution < -0.4 is 10.2 Å². The van der Waals surface area contributed by atoms with Gasteiger partial charge in [0.15, 0.2) is 0 Å². The van der Waals surface area contributed by atoms with E-state index < -0.39 is 0 Å². The van der Waals surface area contributed by atoms with Crippen LogP contribution in [0.2, 0.25) is 0 Å². The zero-order valence-corrected chi connectivity index (χ0v) is 12.7. The first-order valence-corrected chi connectivity index (χ1v) is 7.55. The molecule has 2 aromatic carbocycles. The van der Waals surface area contributed by atoms with Gasteiger partial charge in [0.05, 0.1) is 10.7 Å². The van der Waals surface area contributed by atoms with Gasteiger partial charge in [0.1, 0.15) is 4.99 Å². The third kappa shape index (κ3) is 2.71. The highest BCUT2D eigenvalue weighted by atomic mass is 32.2. The SMILES string of the molecule is CN1/C(=C\C(=S)Nc2ccccc2)Sc2ccccc21. The van der Waals surface area contributed by atoms with Crippen molar-refractivity contribution in [1.29, 1.82) is 0 Å². The molecule has 0 saturated heterocycles. The lowest BCUT2D eigenvalue weighted by atomic mass is 10.3. The standard InChI is InChI=1S/C16H14N2S2/c1-18-13-9-5-6-10-14(13)20-16(18)11-15(19)17-12-7-3-2-4-8-12/h2-11H,1H3,(H,17,19)/b16-11+. The molecule has 0 unspecified atom stereocenters. The fourth-order valence-corrected chi connectivity index (χ4v) is 3.46. The normalized spacial score (nSPS) is 15.2. The number of nitrogens with zero attached hydrogens (tertiary/aromatic N) is 1. The molecule has 1 aliphatic rings. The number of benzene rings is 2. The third-order valence-electron chi connectivity index (χ3n) is 3.07. The van der Waals surface area contributed by atoms with Gasteiger partial charge in [-0.3, -0.25) is 0 Å². The molecular weight excluding hydrogens is 284 g/mol. The van der Waals surface area contributed by atoms with Gasteiger partial charge in [-0.1, -0.05) is 54.3 Å². The van der Waals surface area contributed by atoms with Crippen LogP contribution in [0.4, 0.5) is 11.4 Å². The molecule has 100 valence electrons. The van der Waals surface area contributed by atoms with Gasteiger partial charge in [-0.05, 0) is 24.3 Å². The molecule has 0 bridgehead atoms. The van der Waals surface area contributed by atoms with Gasteiger partial charge in [0.25, 0.3) is 0 Å². The molecule has 0 radical (unpaired) electrons. The average Bonchev–Trinajstić information content (AvgIpc) is 2.77. The molecule has 20 heavy (non-hydrogen) atoms. The largest absolute Gasteiger partial charge is 0.347 e. The molecule has 0 fully saturated rings. The minimum Gasteiger partial charge on any atom is -0.347 e. The van der Waals surface area contributed by atoms with Crippen molar-refractivity contribution in [2.75, 3.05) is 17.3 Å². The molecule has 0 spiro atoms. The Morgan fingerprint density at radius 2 is 1.80 bits per heavy atom. The van der Waals surface area contributed by atoms with Gasteiger partial charge in [0.2, 0.25) is 0 Å². The van der Waals surface area contributed by atoms with Crippen molar-refractivity contribution < 1.29 is 0 Å². The van der Waals surface area contributed by atoms with Gasteiger partial charge in [0, 0.05) is 23.7 Å². The number of nitrogens with one attached hydrogen (secondary N) is 1. The Morgan fingerprint density at radius 3 is 2.55 bits per heavy atom. The van der Waals surface area contributed by atoms with E-state index >= 15 is 0 Å². The molecule has 0 aromatic heterocycles. The van der Waals surface area contributed by atoms with Crippen molar-refractivity contribution in [3.8, 4) is 0 Å². The summed E-state index contributed by atoms with van der Waals surface area (Å²) in [4.78, 5) is 4.15. The first-order chi connectivity index (χ1) is 9.74. The van der Waals surface area contributed by atoms with E-state index in [0.29, 0.717) is 0 Å². The topological polar surface area (TPSA) is 15.3 Å². The Morgan fingerprint density at radius 1 is 1.10 bits per heavy atom. The minimum absolute atomic E-state index is 0.721. The second-order valence-corrected chi connectivity index (χ2v) is 5.97. The molecule has 1 aliphatic heterocycles. The highest BCUT2D eigenvalue weighted by Gasteiger charge is 2.21. The minimum atomic E-state index is 0.721. The van der Waals surface area contributed by atoms with E-state index in [9.17, 15) is 0 Å². The van der Waals surface area contributed by atoms with E-state index in [1.807, 2.05) is 36.4 Å². The number of thioether (sulfide) groups is 1. The van der Waals surface area contributed by atoms with Gasteiger partial charge in [-0.15, -0.1) is 0 Å². The van der Waals surface area contributed by atoms with Crippen molar-refractivity contribution in [2.45, 2.75) is 4.90 Å². The van der Waals surface area contributed by atoms with Gasteiger partial charge in [-0.2, -0.15) is 0 Å². The van der Waals surface area contributed by atoms with Crippen LogP contribution in [0, 0.1) is 0 Å². The number of para-hydroxylation sites is 2. The number of fused-ring (bicyclic) bond motifs is 1. The lowest BCUT2D eigenvalue weighted by molar-refractivity contribution is 1.18. The van der Waals surface area contributed by atoms with Crippen molar-refractivity contribution in [1.82, 2.24) is 0 Å². The average molecular weight is 298 g/mol. The Labute approximate surface area is 128 Å². The first-order valence-electron chi connectivity index (χ1n) is 6.32. The summed E-state index contributed by atoms with van der Waals surface area (Å²) in [6, 6.07) is 18.3. The van der Waals surface area contributed by atoms with Crippen LogP contribution in [0.25, 0.3) is 0 Å². The molecule has 1 heterocycles. The zero-order valence-electron chi connectivity index (χ0n) is 11.0. The number of rotatable bonds is 2. The van der Waals surface area contributed by atoms with E-state index in [4.69, 9.17) is 12.2 Å². The third-order valence-corrected chi connectivity index (χ3v) is 4.45. The molecular formula is C16H14N2S2. The Kier molecular flexibility index (Phi) is 3.76. The molecule has 4 heteroatoms. The highest BCUT2D eigenvalue weighted by molar-refractivity contribution is 8.03. The second-order valence-electron chi connectivity index (χ2n) is 4.47. The highest BCUT2D eigenvalue weighted by Crippen LogP contribution is 2.44. The quantitative estimate of drug-likeness (QED) is 0.648. The van der Waals surface area contributed by atoms with E-state index in [2.05, 4.69) is 41.5 Å². The van der Waals surface area contributed by atoms with Crippen molar-refractivity contribution in [3.63, 3.8) is 0 Å². The van der Waals surface area contributed by atoms with Crippen LogP contribution in [0.15, 0.2) is 70.6 Å². The Bertz CT molecular complexity index is 665. The van der Waals surface area contributed by atoms with Gasteiger partial charge in [-0.25, -0.2) is 0 Å². The maximum absolute atomic E-state index is 5.41. The molecule has 0 amide bonds. The van der Waals surface area contributed by atoms with Crippen molar-refractivity contribution in [2.24, 2.45) is 0 Å². The summed E-state index contributed by atoms with van der Waals surface area (Å²) >= 11 is 7.15. The van der Waals surface area contributed by atoms with E-state index in [1.54, 1.807) is 11.8 Å². The van der Waals surface area contributed by atoms with Crippen LogP contribution in [0.1, 0.15) is 0 Å². The summed E-state index contributed by atoms with van der Waals surface area (Å²) < 4.78 is 0. The second kappa shape index (κ2) is 5.69. The lowest BCUT2D eigenvalue weighted by Gasteiger charge is -2.13. The first kappa shape index (κ1) is 13.2. The van der Waals surface area contributed by atoms with Crippen LogP contribution in [0.3, 0.4) is 0 Å². The van der Waals surface area contributed by atoms with Crippen molar-refractivity contribution >= 4 is 40.3 Å². The summed E-state index contributed by atoms with van der Waals surface area (Å²) in [7, 11) is 2.07. The summed E-state index contributed by atoms with van der Waals surface area (Å²) in [5.41, 5.74) is 2.24. The summed E-state index contributed by atoms with van der Waals surface area (Å²) in [6.45, 7) is 0. The van der Waals surface area contributed by atoms with Crippen LogP contribution in [-0.4, -0.2) is 12.0 Å². The molecule has 0 atom stereocenters. The smallest absolute Gasteiger partial charge is 0.106 e. The van der Waals surface area contributed by atoms with E-state index in [0.717, 1.165) is 15.7 Å². The van der Waals surface area contributed by atoms with Gasteiger partial charge >= 0.3 is 0 Å². The fourth-order valence-electron chi connectivity index (χ4n) is 2.06. The van der Waals surface area contributed by atoms with E-state index in [1.165, 1.54) is 10.6 Å². The summed E-state index contributed by atoms with van der Waals surface area (Å²) in [5, 5.41) is 4.37. The van der Waals surface area contributed by atoms with E-state index in [-0.39, 0.29) is 0 Å². The maximum Gasteiger partial charge on any atom is 0.106 e. The molecule has 2 nitrogen and oxygen atoms in total. The van der Waals surface area contributed by atoms with Crippen LogP contribution >= 0.6 is 24.0 Å². The molecule has 3 rings (SSSR count). The maximum atomic E-state index is 5.41. The van der Waals surface area contributed by atoms with Crippen LogP contribution in [-0.2, 0) is 0 Å². The molecule has 0 saturated carbocycles. The number of hydrogen-bond acceptors (Lipinski definition) is 3. The molecule has 2 aromatic rings. The number of anilines is 2. The van der Waals surface area contributed by atoms with Crippen LogP contribution in [0.5, 0.6) is 0 Å². The molecule has 0 aliphatic carbocycles. The fraction of sp³-hybridized carbons (Fsp3) is 0.0625. The molecule has 1 N–H and O–H groups in total. The summed E-state index contributed by atoms with van der Waals surface area (Å²) in [5.74, 6) is 0. The predicted molar refractivity (Wildman–Crippen MR) is 91.4 cm³/mol. The number of thiocarbonyl (C=S) groups is 1. The predicted octanol–water partition coefficient (Wildman–Crippen LogP) is 4.51. The summed E-state index contributed by atoms with van der Waals surface area (Å²) in [6.07, 6.45) is 2.01. The Balaban J connectivity index is 1.76. The monoisotopic (exact) mass is 298 g/mol. The van der Waals surface area contributed by atoms with Crippen molar-refractivity contribution in [3.05, 3.63) is 65.7 Å². The number of hydrogen-bond donors (Lipinski definition) is 1.